The Bertz CT molecular complexity index is 630. The summed E-state index contributed by atoms with van der Waals surface area (Å²) in [5, 5.41) is 14.2. The van der Waals surface area contributed by atoms with E-state index in [-0.39, 0.29) is 17.4 Å². The summed E-state index contributed by atoms with van der Waals surface area (Å²) in [6.07, 6.45) is 0. The first-order valence-electron chi connectivity index (χ1n) is 5.11. The number of nitrogens with one attached hydrogen (secondary N) is 1. The van der Waals surface area contributed by atoms with E-state index < -0.39 is 10.0 Å². The molecule has 2 heterocycles. The van der Waals surface area contributed by atoms with Crippen LogP contribution in [0, 0.1) is 6.92 Å². The van der Waals surface area contributed by atoms with Crippen LogP contribution in [0.25, 0.3) is 0 Å². The fraction of sp³-hybridized carbons (Fsp3) is 0.300. The lowest BCUT2D eigenvalue weighted by Gasteiger charge is -2.01. The second-order valence-electron chi connectivity index (χ2n) is 3.69. The smallest absolute Gasteiger partial charge is 0.250 e. The molecule has 2 aromatic rings. The molecule has 2 rings (SSSR count). The van der Waals surface area contributed by atoms with Gasteiger partial charge in [0.15, 0.2) is 0 Å². The van der Waals surface area contributed by atoms with Crippen molar-refractivity contribution in [3.8, 4) is 0 Å². The summed E-state index contributed by atoms with van der Waals surface area (Å²) in [7, 11) is -3.56. The Hall–Kier alpha value is -1.22. The van der Waals surface area contributed by atoms with Crippen LogP contribution in [-0.4, -0.2) is 18.7 Å². The van der Waals surface area contributed by atoms with E-state index in [0.717, 1.165) is 11.3 Å². The van der Waals surface area contributed by atoms with Gasteiger partial charge in [-0.25, -0.2) is 13.1 Å². The third-order valence-corrected chi connectivity index (χ3v) is 5.09. The zero-order chi connectivity index (χ0) is 13.2. The predicted molar refractivity (Wildman–Crippen MR) is 65.5 cm³/mol. The van der Waals surface area contributed by atoms with Gasteiger partial charge in [0, 0.05) is 6.07 Å². The molecule has 18 heavy (non-hydrogen) atoms. The number of thiophene rings is 1. The Labute approximate surface area is 108 Å². The van der Waals surface area contributed by atoms with Crippen molar-refractivity contribution in [2.75, 3.05) is 0 Å². The lowest BCUT2D eigenvalue weighted by molar-refractivity contribution is 0.282. The SMILES string of the molecule is Cc1cc(CNS(=O)(=O)c2cc(CO)cs2)no1. The molecule has 0 saturated carbocycles. The normalized spacial score (nSPS) is 11.9. The van der Waals surface area contributed by atoms with Gasteiger partial charge in [0.1, 0.15) is 9.97 Å². The van der Waals surface area contributed by atoms with Gasteiger partial charge < -0.3 is 9.63 Å². The third kappa shape index (κ3) is 2.96. The number of hydrogen-bond donors (Lipinski definition) is 2. The van der Waals surface area contributed by atoms with Crippen molar-refractivity contribution in [1.82, 2.24) is 9.88 Å². The highest BCUT2D eigenvalue weighted by Gasteiger charge is 2.17. The fourth-order valence-corrected chi connectivity index (χ4v) is 3.56. The molecule has 0 atom stereocenters. The molecule has 6 nitrogen and oxygen atoms in total. The lowest BCUT2D eigenvalue weighted by atomic mass is 10.4. The van der Waals surface area contributed by atoms with E-state index in [1.165, 1.54) is 6.07 Å². The molecule has 0 amide bonds. The van der Waals surface area contributed by atoms with Crippen molar-refractivity contribution in [1.29, 1.82) is 0 Å². The van der Waals surface area contributed by atoms with E-state index in [4.69, 9.17) is 9.63 Å². The van der Waals surface area contributed by atoms with Crippen molar-refractivity contribution in [2.45, 2.75) is 24.3 Å². The van der Waals surface area contributed by atoms with Crippen LogP contribution in [0.5, 0.6) is 0 Å². The van der Waals surface area contributed by atoms with Gasteiger partial charge in [-0.15, -0.1) is 11.3 Å². The Morgan fingerprint density at radius 2 is 2.28 bits per heavy atom. The first-order chi connectivity index (χ1) is 8.51. The lowest BCUT2D eigenvalue weighted by Crippen LogP contribution is -2.22. The monoisotopic (exact) mass is 288 g/mol. The van der Waals surface area contributed by atoms with Crippen molar-refractivity contribution in [3.63, 3.8) is 0 Å². The van der Waals surface area contributed by atoms with Crippen molar-refractivity contribution in [2.24, 2.45) is 0 Å². The van der Waals surface area contributed by atoms with E-state index in [2.05, 4.69) is 9.88 Å². The molecule has 0 radical (unpaired) electrons. The average molecular weight is 288 g/mol. The number of aromatic nitrogens is 1. The molecular weight excluding hydrogens is 276 g/mol. The Morgan fingerprint density at radius 1 is 1.50 bits per heavy atom. The summed E-state index contributed by atoms with van der Waals surface area (Å²) in [5.74, 6) is 0.628. The minimum Gasteiger partial charge on any atom is -0.392 e. The zero-order valence-electron chi connectivity index (χ0n) is 9.58. The van der Waals surface area contributed by atoms with Gasteiger partial charge in [-0.1, -0.05) is 5.16 Å². The van der Waals surface area contributed by atoms with Gasteiger partial charge >= 0.3 is 0 Å². The summed E-state index contributed by atoms with van der Waals surface area (Å²) in [5.41, 5.74) is 1.10. The number of hydrogen-bond acceptors (Lipinski definition) is 6. The molecule has 0 spiro atoms. The molecule has 8 heteroatoms. The quantitative estimate of drug-likeness (QED) is 0.856. The van der Waals surface area contributed by atoms with E-state index in [0.29, 0.717) is 17.0 Å². The summed E-state index contributed by atoms with van der Waals surface area (Å²) in [4.78, 5) is 0. The first-order valence-corrected chi connectivity index (χ1v) is 7.47. The van der Waals surface area contributed by atoms with Crippen LogP contribution >= 0.6 is 11.3 Å². The van der Waals surface area contributed by atoms with Crippen LogP contribution in [0.1, 0.15) is 17.0 Å². The molecule has 2 N–H and O–H groups in total. The number of sulfonamides is 1. The van der Waals surface area contributed by atoms with E-state index >= 15 is 0 Å². The number of nitrogens with zero attached hydrogens (tertiary/aromatic N) is 1. The highest BCUT2D eigenvalue weighted by atomic mass is 32.2. The zero-order valence-corrected chi connectivity index (χ0v) is 11.2. The van der Waals surface area contributed by atoms with Crippen LogP contribution in [-0.2, 0) is 23.2 Å². The van der Waals surface area contributed by atoms with Crippen LogP contribution in [0.4, 0.5) is 0 Å². The van der Waals surface area contributed by atoms with Gasteiger partial charge in [-0.2, -0.15) is 0 Å². The van der Waals surface area contributed by atoms with Gasteiger partial charge in [0.25, 0.3) is 0 Å². The maximum absolute atomic E-state index is 11.9. The molecule has 98 valence electrons. The van der Waals surface area contributed by atoms with Gasteiger partial charge in [-0.3, -0.25) is 0 Å². The molecule has 2 aromatic heterocycles. The molecular formula is C10H12N2O4S2. The summed E-state index contributed by atoms with van der Waals surface area (Å²) >= 11 is 1.07. The van der Waals surface area contributed by atoms with Gasteiger partial charge in [-0.05, 0) is 23.9 Å². The Kier molecular flexibility index (Phi) is 3.81. The molecule has 0 aromatic carbocycles. The maximum atomic E-state index is 11.9. The molecule has 0 saturated heterocycles. The number of aliphatic hydroxyl groups excluding tert-OH is 1. The highest BCUT2D eigenvalue weighted by Crippen LogP contribution is 2.20. The minimum absolute atomic E-state index is 0.0754. The topological polar surface area (TPSA) is 92.4 Å². The van der Waals surface area contributed by atoms with Crippen LogP contribution < -0.4 is 4.72 Å². The van der Waals surface area contributed by atoms with Crippen molar-refractivity contribution >= 4 is 21.4 Å². The summed E-state index contributed by atoms with van der Waals surface area (Å²) in [6, 6.07) is 3.11. The predicted octanol–water partition coefficient (Wildman–Crippen LogP) is 1.02. The van der Waals surface area contributed by atoms with Crippen molar-refractivity contribution < 1.29 is 18.0 Å². The molecule has 0 bridgehead atoms. The first kappa shape index (κ1) is 13.2. The van der Waals surface area contributed by atoms with Gasteiger partial charge in [0.2, 0.25) is 10.0 Å². The second kappa shape index (κ2) is 5.19. The summed E-state index contributed by atoms with van der Waals surface area (Å²) < 4.78 is 31.2. The Morgan fingerprint density at radius 3 is 2.83 bits per heavy atom. The third-order valence-electron chi connectivity index (χ3n) is 2.20. The van der Waals surface area contributed by atoms with E-state index in [1.54, 1.807) is 18.4 Å². The van der Waals surface area contributed by atoms with E-state index in [1.807, 2.05) is 0 Å². The molecule has 0 aliphatic heterocycles. The van der Waals surface area contributed by atoms with E-state index in [9.17, 15) is 8.42 Å². The summed E-state index contributed by atoms with van der Waals surface area (Å²) in [6.45, 7) is 1.64. The van der Waals surface area contributed by atoms with Crippen LogP contribution in [0.15, 0.2) is 26.2 Å². The fourth-order valence-electron chi connectivity index (χ4n) is 1.32. The molecule has 0 fully saturated rings. The highest BCUT2D eigenvalue weighted by molar-refractivity contribution is 7.91. The van der Waals surface area contributed by atoms with Crippen molar-refractivity contribution in [3.05, 3.63) is 34.5 Å². The standard InChI is InChI=1S/C10H12N2O4S2/c1-7-2-9(12-16-7)4-11-18(14,15)10-3-8(5-13)6-17-10/h2-3,6,11,13H,4-5H2,1H3. The van der Waals surface area contributed by atoms with Gasteiger partial charge in [0.05, 0.1) is 18.8 Å². The Balaban J connectivity index is 2.07. The minimum atomic E-state index is -3.56. The molecule has 0 aliphatic carbocycles. The van der Waals surface area contributed by atoms with Crippen LogP contribution in [0.2, 0.25) is 0 Å². The average Bonchev–Trinajstić information content (AvgIpc) is 2.95. The molecule has 0 aliphatic rings. The maximum Gasteiger partial charge on any atom is 0.250 e. The number of aliphatic hydroxyl groups is 1. The van der Waals surface area contributed by atoms with Crippen LogP contribution in [0.3, 0.4) is 0 Å². The largest absolute Gasteiger partial charge is 0.392 e. The second-order valence-corrected chi connectivity index (χ2v) is 6.59. The molecule has 0 unspecified atom stereocenters. The number of rotatable bonds is 5. The number of aryl methyl sites for hydroxylation is 1.